The maximum absolute atomic E-state index is 4.64. The van der Waals surface area contributed by atoms with Crippen LogP contribution in [0, 0.1) is 6.92 Å². The number of hydrogen-bond donors (Lipinski definition) is 1. The van der Waals surface area contributed by atoms with Crippen molar-refractivity contribution in [3.05, 3.63) is 64.7 Å². The molecule has 0 spiro atoms. The minimum Gasteiger partial charge on any atom is -0.347 e. The van der Waals surface area contributed by atoms with Crippen LogP contribution in [-0.2, 0) is 0 Å². The third-order valence-corrected chi connectivity index (χ3v) is 5.06. The molecule has 24 heavy (non-hydrogen) atoms. The highest BCUT2D eigenvalue weighted by Gasteiger charge is 2.11. The van der Waals surface area contributed by atoms with E-state index in [0.29, 0.717) is 5.95 Å². The van der Waals surface area contributed by atoms with E-state index in [1.165, 1.54) is 9.75 Å². The van der Waals surface area contributed by atoms with E-state index in [9.17, 15) is 0 Å². The van der Waals surface area contributed by atoms with Gasteiger partial charge in [-0.15, -0.1) is 11.3 Å². The fourth-order valence-corrected chi connectivity index (χ4v) is 3.53. The van der Waals surface area contributed by atoms with Crippen molar-refractivity contribution in [2.24, 2.45) is 0 Å². The van der Waals surface area contributed by atoms with Crippen LogP contribution in [0.1, 0.15) is 24.1 Å². The largest absolute Gasteiger partial charge is 0.347 e. The first-order valence-corrected chi connectivity index (χ1v) is 8.61. The van der Waals surface area contributed by atoms with E-state index in [1.807, 2.05) is 34.9 Å². The van der Waals surface area contributed by atoms with E-state index in [4.69, 9.17) is 0 Å². The number of hydrogen-bond acceptors (Lipinski definition) is 5. The molecule has 3 heterocycles. The number of para-hydroxylation sites is 2. The third kappa shape index (κ3) is 2.76. The Hall–Kier alpha value is -2.73. The Morgan fingerprint density at radius 2 is 2.00 bits per heavy atom. The minimum absolute atomic E-state index is 0. The zero-order valence-electron chi connectivity index (χ0n) is 13.5. The fraction of sp³-hybridized carbons (Fsp3) is 0.167. The van der Waals surface area contributed by atoms with Crippen LogP contribution in [-0.4, -0.2) is 19.5 Å². The second kappa shape index (κ2) is 6.05. The summed E-state index contributed by atoms with van der Waals surface area (Å²) in [5, 5.41) is 3.38. The highest BCUT2D eigenvalue weighted by Crippen LogP contribution is 2.25. The summed E-state index contributed by atoms with van der Waals surface area (Å²) in [6.45, 7) is 4.23. The molecule has 0 saturated carbocycles. The van der Waals surface area contributed by atoms with Gasteiger partial charge < -0.3 is 5.32 Å². The Bertz CT molecular complexity index is 994. The molecule has 0 aliphatic heterocycles. The second-order valence-corrected chi connectivity index (χ2v) is 6.98. The maximum atomic E-state index is 4.64. The lowest BCUT2D eigenvalue weighted by atomic mass is 10.3. The van der Waals surface area contributed by atoms with Gasteiger partial charge in [-0.05, 0) is 44.2 Å². The summed E-state index contributed by atoms with van der Waals surface area (Å²) in [5.41, 5.74) is 1.98. The van der Waals surface area contributed by atoms with Gasteiger partial charge in [-0.3, -0.25) is 4.57 Å². The summed E-state index contributed by atoms with van der Waals surface area (Å²) in [6, 6.07) is 14.3. The Morgan fingerprint density at radius 3 is 2.83 bits per heavy atom. The first-order chi connectivity index (χ1) is 11.7. The van der Waals surface area contributed by atoms with Crippen molar-refractivity contribution in [1.82, 2.24) is 19.5 Å². The zero-order valence-corrected chi connectivity index (χ0v) is 14.3. The average molecular weight is 337 g/mol. The zero-order chi connectivity index (χ0) is 16.5. The van der Waals surface area contributed by atoms with Crippen LogP contribution in [0.4, 0.5) is 5.95 Å². The van der Waals surface area contributed by atoms with E-state index < -0.39 is 0 Å². The van der Waals surface area contributed by atoms with Crippen molar-refractivity contribution in [3.63, 3.8) is 0 Å². The summed E-state index contributed by atoms with van der Waals surface area (Å²) in [6.07, 6.45) is 3.56. The van der Waals surface area contributed by atoms with Gasteiger partial charge in [0.15, 0.2) is 0 Å². The van der Waals surface area contributed by atoms with Gasteiger partial charge in [-0.25, -0.2) is 9.97 Å². The standard InChI is InChI=1S/C18H17N5S.H2/c1-12-7-8-16(24-12)13(2)21-18-19-10-9-17(22-18)23-11-20-14-5-3-4-6-15(14)23;/h3-11,13H,1-2H3,(H,19,21,22);1H. The topological polar surface area (TPSA) is 55.6 Å². The Kier molecular flexibility index (Phi) is 3.74. The van der Waals surface area contributed by atoms with Crippen molar-refractivity contribution < 1.29 is 1.43 Å². The molecule has 1 aromatic carbocycles. The van der Waals surface area contributed by atoms with Gasteiger partial charge in [0, 0.05) is 17.4 Å². The SMILES string of the molecule is Cc1ccc(C(C)Nc2nccc(-n3cnc4ccccc43)n2)s1.[HH]. The number of rotatable bonds is 4. The fourth-order valence-electron chi connectivity index (χ4n) is 2.65. The monoisotopic (exact) mass is 337 g/mol. The highest BCUT2D eigenvalue weighted by molar-refractivity contribution is 7.12. The van der Waals surface area contributed by atoms with Crippen LogP contribution in [0.15, 0.2) is 55.0 Å². The molecule has 1 atom stereocenters. The van der Waals surface area contributed by atoms with Crippen LogP contribution in [0.5, 0.6) is 0 Å². The van der Waals surface area contributed by atoms with E-state index in [0.717, 1.165) is 16.9 Å². The molecule has 1 N–H and O–H groups in total. The molecule has 0 bridgehead atoms. The van der Waals surface area contributed by atoms with E-state index in [1.54, 1.807) is 23.9 Å². The van der Waals surface area contributed by atoms with Crippen LogP contribution in [0.3, 0.4) is 0 Å². The molecule has 0 amide bonds. The van der Waals surface area contributed by atoms with Gasteiger partial charge in [0.05, 0.1) is 17.1 Å². The van der Waals surface area contributed by atoms with Gasteiger partial charge in [-0.1, -0.05) is 12.1 Å². The van der Waals surface area contributed by atoms with Crippen molar-refractivity contribution in [2.45, 2.75) is 19.9 Å². The number of aromatic nitrogens is 4. The van der Waals surface area contributed by atoms with Gasteiger partial charge in [0.2, 0.25) is 5.95 Å². The summed E-state index contributed by atoms with van der Waals surface area (Å²) in [4.78, 5) is 16.0. The third-order valence-electron chi connectivity index (χ3n) is 3.87. The molecule has 4 aromatic rings. The lowest BCUT2D eigenvalue weighted by Gasteiger charge is -2.13. The van der Waals surface area contributed by atoms with Gasteiger partial charge in [0.1, 0.15) is 12.1 Å². The quantitative estimate of drug-likeness (QED) is 0.591. The van der Waals surface area contributed by atoms with Crippen LogP contribution in [0.25, 0.3) is 16.9 Å². The molecule has 122 valence electrons. The molecule has 1 unspecified atom stereocenters. The predicted molar refractivity (Wildman–Crippen MR) is 99.9 cm³/mol. The molecule has 0 fully saturated rings. The normalized spacial score (nSPS) is 12.4. The first kappa shape index (κ1) is 14.8. The van der Waals surface area contributed by atoms with Gasteiger partial charge in [-0.2, -0.15) is 4.98 Å². The minimum atomic E-state index is 0. The molecule has 3 aromatic heterocycles. The van der Waals surface area contributed by atoms with Crippen LogP contribution < -0.4 is 5.32 Å². The summed E-state index contributed by atoms with van der Waals surface area (Å²) in [5.74, 6) is 1.42. The van der Waals surface area contributed by atoms with Crippen molar-refractivity contribution in [3.8, 4) is 5.82 Å². The number of anilines is 1. The molecule has 0 aliphatic rings. The number of imidazole rings is 1. The highest BCUT2D eigenvalue weighted by atomic mass is 32.1. The van der Waals surface area contributed by atoms with Crippen molar-refractivity contribution >= 4 is 28.3 Å². The summed E-state index contributed by atoms with van der Waals surface area (Å²) in [7, 11) is 0. The van der Waals surface area contributed by atoms with E-state index in [-0.39, 0.29) is 7.47 Å². The molecule has 0 radical (unpaired) electrons. The number of nitrogens with zero attached hydrogens (tertiary/aromatic N) is 4. The lowest BCUT2D eigenvalue weighted by molar-refractivity contribution is 0.871. The summed E-state index contributed by atoms with van der Waals surface area (Å²) < 4.78 is 1.97. The Morgan fingerprint density at radius 1 is 1.12 bits per heavy atom. The van der Waals surface area contributed by atoms with Crippen molar-refractivity contribution in [2.75, 3.05) is 5.32 Å². The molecule has 0 saturated heterocycles. The molecule has 0 aliphatic carbocycles. The van der Waals surface area contributed by atoms with E-state index in [2.05, 4.69) is 46.2 Å². The van der Waals surface area contributed by atoms with Crippen LogP contribution >= 0.6 is 11.3 Å². The smallest absolute Gasteiger partial charge is 0.225 e. The van der Waals surface area contributed by atoms with Crippen molar-refractivity contribution in [1.29, 1.82) is 0 Å². The molecular formula is C18H19N5S. The molecule has 6 heteroatoms. The molecular weight excluding hydrogens is 318 g/mol. The predicted octanol–water partition coefficient (Wildman–Crippen LogP) is 4.60. The lowest BCUT2D eigenvalue weighted by Crippen LogP contribution is -2.09. The maximum Gasteiger partial charge on any atom is 0.225 e. The first-order valence-electron chi connectivity index (χ1n) is 7.79. The Balaban J connectivity index is 0.00000182. The number of thiophene rings is 1. The molecule has 5 nitrogen and oxygen atoms in total. The Labute approximate surface area is 145 Å². The molecule has 4 rings (SSSR count). The second-order valence-electron chi connectivity index (χ2n) is 5.66. The van der Waals surface area contributed by atoms with E-state index >= 15 is 0 Å². The van der Waals surface area contributed by atoms with Gasteiger partial charge in [0.25, 0.3) is 0 Å². The number of benzene rings is 1. The average Bonchev–Trinajstić information content (AvgIpc) is 3.21. The van der Waals surface area contributed by atoms with Crippen LogP contribution in [0.2, 0.25) is 0 Å². The number of fused-ring (bicyclic) bond motifs is 1. The summed E-state index contributed by atoms with van der Waals surface area (Å²) >= 11 is 1.79. The number of nitrogens with one attached hydrogen (secondary N) is 1. The number of aryl methyl sites for hydroxylation is 1. The van der Waals surface area contributed by atoms with Gasteiger partial charge >= 0.3 is 0 Å².